The number of hydrogen-bond acceptors (Lipinski definition) is 4. The van der Waals surface area contributed by atoms with Gasteiger partial charge in [0.1, 0.15) is 0 Å². The highest BCUT2D eigenvalue weighted by Crippen LogP contribution is 2.31. The van der Waals surface area contributed by atoms with Gasteiger partial charge in [0.05, 0.1) is 16.9 Å². The summed E-state index contributed by atoms with van der Waals surface area (Å²) in [6.45, 7) is 0. The molecule has 3 rings (SSSR count). The van der Waals surface area contributed by atoms with Gasteiger partial charge in [0, 0.05) is 0 Å². The van der Waals surface area contributed by atoms with Crippen LogP contribution in [0.2, 0.25) is 0 Å². The van der Waals surface area contributed by atoms with Crippen LogP contribution in [0.15, 0.2) is 54.6 Å². The summed E-state index contributed by atoms with van der Waals surface area (Å²) in [6.07, 6.45) is 3.01. The second-order valence-electron chi connectivity index (χ2n) is 7.09. The van der Waals surface area contributed by atoms with Crippen molar-refractivity contribution in [2.75, 3.05) is 5.75 Å². The van der Waals surface area contributed by atoms with Gasteiger partial charge in [-0.25, -0.2) is 13.9 Å². The van der Waals surface area contributed by atoms with Gasteiger partial charge in [0.25, 0.3) is 0 Å². The highest BCUT2D eigenvalue weighted by Gasteiger charge is 2.39. The fourth-order valence-electron chi connectivity index (χ4n) is 3.82. The second kappa shape index (κ2) is 8.67. The molecule has 27 heavy (non-hydrogen) atoms. The highest BCUT2D eigenvalue weighted by atomic mass is 32.2. The van der Waals surface area contributed by atoms with Gasteiger partial charge in [0.15, 0.2) is 9.84 Å². The summed E-state index contributed by atoms with van der Waals surface area (Å²) in [4.78, 5) is 11.8. The summed E-state index contributed by atoms with van der Waals surface area (Å²) in [5.74, 6) is -1.23. The predicted octanol–water partition coefficient (Wildman–Crippen LogP) is 3.38. The van der Waals surface area contributed by atoms with Crippen molar-refractivity contribution in [3.05, 3.63) is 60.2 Å². The summed E-state index contributed by atoms with van der Waals surface area (Å²) in [7, 11) is -3.42. The molecule has 0 heterocycles. The van der Waals surface area contributed by atoms with E-state index in [1.165, 1.54) is 0 Å². The van der Waals surface area contributed by atoms with E-state index in [1.54, 1.807) is 5.48 Å². The summed E-state index contributed by atoms with van der Waals surface area (Å²) in [6, 6.07) is 17.9. The highest BCUT2D eigenvalue weighted by molar-refractivity contribution is 7.92. The molecular formula is C21H25NO4S. The monoisotopic (exact) mass is 387 g/mol. The average Bonchev–Trinajstić information content (AvgIpc) is 2.73. The lowest BCUT2D eigenvalue weighted by molar-refractivity contribution is -0.134. The van der Waals surface area contributed by atoms with E-state index in [1.807, 2.05) is 54.6 Å². The van der Waals surface area contributed by atoms with Crippen LogP contribution in [0.4, 0.5) is 0 Å². The van der Waals surface area contributed by atoms with Crippen LogP contribution in [0.3, 0.4) is 0 Å². The number of hydrogen-bond donors (Lipinski definition) is 2. The zero-order chi connectivity index (χ0) is 19.3. The quantitative estimate of drug-likeness (QED) is 0.588. The van der Waals surface area contributed by atoms with E-state index in [-0.39, 0.29) is 5.75 Å². The Morgan fingerprint density at radius 1 is 0.963 bits per heavy atom. The lowest BCUT2D eigenvalue weighted by Crippen LogP contribution is -2.43. The molecule has 1 aliphatic carbocycles. The SMILES string of the molecule is O=C(NO)[C@@H]1CCCC[C@H]1S(=O)(=O)CCc1ccc(-c2ccccc2)cc1. The average molecular weight is 388 g/mol. The number of amides is 1. The first-order valence-corrected chi connectivity index (χ1v) is 11.0. The van der Waals surface area contributed by atoms with Gasteiger partial charge in [-0.15, -0.1) is 0 Å². The number of aryl methyl sites for hydroxylation is 1. The van der Waals surface area contributed by atoms with Crippen molar-refractivity contribution in [1.29, 1.82) is 0 Å². The number of rotatable bonds is 6. The summed E-state index contributed by atoms with van der Waals surface area (Å²) < 4.78 is 25.6. The molecule has 5 nitrogen and oxygen atoms in total. The lowest BCUT2D eigenvalue weighted by atomic mass is 9.88. The third-order valence-electron chi connectivity index (χ3n) is 5.35. The predicted molar refractivity (Wildman–Crippen MR) is 105 cm³/mol. The largest absolute Gasteiger partial charge is 0.289 e. The van der Waals surface area contributed by atoms with Crippen LogP contribution in [0.1, 0.15) is 31.2 Å². The maximum absolute atomic E-state index is 12.8. The Bertz CT molecular complexity index is 863. The Morgan fingerprint density at radius 3 is 2.26 bits per heavy atom. The van der Waals surface area contributed by atoms with Crippen LogP contribution in [-0.4, -0.2) is 30.5 Å². The van der Waals surface area contributed by atoms with Gasteiger partial charge in [-0.1, -0.05) is 67.4 Å². The summed E-state index contributed by atoms with van der Waals surface area (Å²) in [5, 5.41) is 8.20. The first-order valence-electron chi connectivity index (χ1n) is 9.31. The van der Waals surface area contributed by atoms with Crippen LogP contribution in [0, 0.1) is 5.92 Å². The smallest absolute Gasteiger partial charge is 0.247 e. The lowest BCUT2D eigenvalue weighted by Gasteiger charge is -2.29. The molecule has 2 aromatic carbocycles. The third kappa shape index (κ3) is 4.76. The van der Waals surface area contributed by atoms with E-state index >= 15 is 0 Å². The molecule has 0 spiro atoms. The van der Waals surface area contributed by atoms with E-state index in [4.69, 9.17) is 5.21 Å². The molecule has 0 radical (unpaired) electrons. The van der Waals surface area contributed by atoms with Crippen LogP contribution < -0.4 is 5.48 Å². The molecule has 1 fully saturated rings. The normalized spacial score (nSPS) is 20.2. The zero-order valence-electron chi connectivity index (χ0n) is 15.2. The Kier molecular flexibility index (Phi) is 6.29. The number of carbonyl (C=O) groups is 1. The van der Waals surface area contributed by atoms with E-state index in [9.17, 15) is 13.2 Å². The molecule has 2 N–H and O–H groups in total. The van der Waals surface area contributed by atoms with Gasteiger partial charge in [-0.05, 0) is 36.0 Å². The van der Waals surface area contributed by atoms with Crippen LogP contribution in [-0.2, 0) is 21.1 Å². The zero-order valence-corrected chi connectivity index (χ0v) is 16.0. The minimum atomic E-state index is -3.42. The Balaban J connectivity index is 1.67. The summed E-state index contributed by atoms with van der Waals surface area (Å²) >= 11 is 0. The molecule has 2 atom stereocenters. The van der Waals surface area contributed by atoms with Crippen molar-refractivity contribution >= 4 is 15.7 Å². The van der Waals surface area contributed by atoms with Crippen LogP contribution in [0.5, 0.6) is 0 Å². The van der Waals surface area contributed by atoms with E-state index < -0.39 is 26.9 Å². The minimum absolute atomic E-state index is 0.0115. The number of benzene rings is 2. The molecule has 6 heteroatoms. The first-order chi connectivity index (χ1) is 13.0. The van der Waals surface area contributed by atoms with Crippen LogP contribution in [0.25, 0.3) is 11.1 Å². The fourth-order valence-corrected chi connectivity index (χ4v) is 5.92. The second-order valence-corrected chi connectivity index (χ2v) is 9.42. The topological polar surface area (TPSA) is 83.5 Å². The molecule has 0 unspecified atom stereocenters. The fraction of sp³-hybridized carbons (Fsp3) is 0.381. The molecule has 0 saturated heterocycles. The van der Waals surface area contributed by atoms with E-state index in [2.05, 4.69) is 0 Å². The maximum atomic E-state index is 12.8. The number of carbonyl (C=O) groups excluding carboxylic acids is 1. The van der Waals surface area contributed by atoms with Crippen molar-refractivity contribution < 1.29 is 18.4 Å². The molecule has 144 valence electrons. The van der Waals surface area contributed by atoms with Gasteiger partial charge >= 0.3 is 0 Å². The van der Waals surface area contributed by atoms with Gasteiger partial charge in [0.2, 0.25) is 5.91 Å². The molecule has 1 amide bonds. The van der Waals surface area contributed by atoms with Crippen LogP contribution >= 0.6 is 0 Å². The Labute approximate surface area is 160 Å². The molecule has 0 aliphatic heterocycles. The standard InChI is InChI=1S/C21H25NO4S/c23-21(22-24)19-8-4-5-9-20(19)27(25,26)15-14-16-10-12-18(13-11-16)17-6-2-1-3-7-17/h1-3,6-7,10-13,19-20,24H,4-5,8-9,14-15H2,(H,22,23)/t19-,20-/m1/s1. The molecule has 1 aliphatic rings. The van der Waals surface area contributed by atoms with E-state index in [0.717, 1.165) is 29.5 Å². The Hall–Kier alpha value is -2.18. The maximum Gasteiger partial charge on any atom is 0.247 e. The molecular weight excluding hydrogens is 362 g/mol. The first kappa shape index (κ1) is 19.6. The van der Waals surface area contributed by atoms with Crippen molar-refractivity contribution in [3.63, 3.8) is 0 Å². The summed E-state index contributed by atoms with van der Waals surface area (Å²) in [5.41, 5.74) is 4.80. The third-order valence-corrected chi connectivity index (χ3v) is 7.61. The number of sulfone groups is 1. The number of nitrogens with one attached hydrogen (secondary N) is 1. The van der Waals surface area contributed by atoms with Gasteiger partial charge in [-0.3, -0.25) is 10.0 Å². The van der Waals surface area contributed by atoms with Crippen molar-refractivity contribution in [1.82, 2.24) is 5.48 Å². The van der Waals surface area contributed by atoms with Crippen molar-refractivity contribution in [3.8, 4) is 11.1 Å². The number of hydroxylamine groups is 1. The van der Waals surface area contributed by atoms with E-state index in [0.29, 0.717) is 19.3 Å². The molecule has 0 bridgehead atoms. The molecule has 1 saturated carbocycles. The molecule has 2 aromatic rings. The van der Waals surface area contributed by atoms with Gasteiger partial charge < -0.3 is 0 Å². The minimum Gasteiger partial charge on any atom is -0.289 e. The van der Waals surface area contributed by atoms with Crippen molar-refractivity contribution in [2.24, 2.45) is 5.92 Å². The Morgan fingerprint density at radius 2 is 1.59 bits per heavy atom. The molecule has 0 aromatic heterocycles. The van der Waals surface area contributed by atoms with Crippen molar-refractivity contribution in [2.45, 2.75) is 37.4 Å². The van der Waals surface area contributed by atoms with Gasteiger partial charge in [-0.2, -0.15) is 0 Å².